The molecule has 0 aromatic carbocycles. The van der Waals surface area contributed by atoms with Crippen molar-refractivity contribution in [2.24, 2.45) is 50.2 Å². The Morgan fingerprint density at radius 3 is 1.85 bits per heavy atom. The Bertz CT molecular complexity index is 1800. The lowest BCUT2D eigenvalue weighted by molar-refractivity contribution is -0.417. The van der Waals surface area contributed by atoms with Crippen molar-refractivity contribution in [2.75, 3.05) is 6.61 Å². The fourth-order valence-corrected chi connectivity index (χ4v) is 14.7. The third-order valence-electron chi connectivity index (χ3n) is 18.9. The Morgan fingerprint density at radius 2 is 1.22 bits per heavy atom. The molecule has 0 aromatic rings. The van der Waals surface area contributed by atoms with Gasteiger partial charge in [0.2, 0.25) is 0 Å². The van der Waals surface area contributed by atoms with Gasteiger partial charge in [-0.1, -0.05) is 60.1 Å². The summed E-state index contributed by atoms with van der Waals surface area (Å²) in [6, 6.07) is 0. The van der Waals surface area contributed by atoms with Crippen molar-refractivity contribution in [3.63, 3.8) is 0 Å². The average molecular weight is 931 g/mol. The van der Waals surface area contributed by atoms with E-state index in [0.29, 0.717) is 12.8 Å². The van der Waals surface area contributed by atoms with Crippen LogP contribution in [0.5, 0.6) is 0 Å². The van der Waals surface area contributed by atoms with Crippen molar-refractivity contribution in [1.82, 2.24) is 0 Å². The molecular formula is C46H74O19. The SMILES string of the molecule is CC1(C)C[C@@H]2C3=CC[C@H]4[C@@]5(C)CC[C@H](O[C@H]6O[C@H](C(=O)O)[C@@H](O)[C@H](O)[C@H]6O[C@H]6O[C@H](O)[C@@H](O)[C@H](O)[C@H]6O[C@H]6O[C@H](O)[C@@H](O)[C@H](O)[C@H]6O)[C@](C)(CO)[C@@H]5CC[C@@]4(C)[C@]3(C)CC[C@@]2(C)[C@@H](O)C1. The highest BCUT2D eigenvalue weighted by Crippen LogP contribution is 2.76. The number of hydrogen-bond acceptors (Lipinski definition) is 18. The first-order chi connectivity index (χ1) is 30.2. The van der Waals surface area contributed by atoms with Gasteiger partial charge in [0.1, 0.15) is 54.9 Å². The van der Waals surface area contributed by atoms with Crippen LogP contribution < -0.4 is 0 Å². The van der Waals surface area contributed by atoms with Crippen molar-refractivity contribution in [3.8, 4) is 0 Å². The Kier molecular flexibility index (Phi) is 13.2. The van der Waals surface area contributed by atoms with E-state index in [0.717, 1.165) is 44.9 Å². The molecule has 372 valence electrons. The number of allylic oxidation sites excluding steroid dienone is 2. The normalized spacial score (nSPS) is 56.6. The summed E-state index contributed by atoms with van der Waals surface area (Å²) in [4.78, 5) is 12.4. The maximum absolute atomic E-state index is 12.4. The van der Waals surface area contributed by atoms with Crippen molar-refractivity contribution in [2.45, 2.75) is 211 Å². The van der Waals surface area contributed by atoms with Crippen molar-refractivity contribution in [3.05, 3.63) is 11.6 Å². The topological polar surface area (TPSA) is 315 Å². The number of rotatable bonds is 8. The van der Waals surface area contributed by atoms with E-state index in [1.165, 1.54) is 5.57 Å². The lowest BCUT2D eigenvalue weighted by Crippen LogP contribution is -2.68. The number of fused-ring (bicyclic) bond motifs is 7. The van der Waals surface area contributed by atoms with Crippen LogP contribution in [0.25, 0.3) is 0 Å². The zero-order valence-corrected chi connectivity index (χ0v) is 38.4. The Morgan fingerprint density at radius 1 is 0.631 bits per heavy atom. The Hall–Kier alpha value is -1.47. The van der Waals surface area contributed by atoms with E-state index in [1.54, 1.807) is 0 Å². The zero-order chi connectivity index (χ0) is 47.7. The molecule has 0 spiro atoms. The predicted molar refractivity (Wildman–Crippen MR) is 222 cm³/mol. The van der Waals surface area contributed by atoms with E-state index in [-0.39, 0.29) is 57.5 Å². The van der Waals surface area contributed by atoms with Crippen LogP contribution in [0.4, 0.5) is 0 Å². The molecule has 25 atom stereocenters. The standard InChI is InChI=1S/C46H74O19/c1-41(2)16-20-19-8-9-22-43(4)12-11-24(44(5,18-47)21(43)10-13-46(22,7)45(19,6)15-14-42(20,3)23(48)17-41)60-39-33(27(51)26(50)32(61-39)35(56)57)63-40-34(28(52)30(54)37(59)65-40)62-38-31(55)25(49)29(53)36(58)64-38/h8,20-34,36-40,47-55,58-59H,9-18H2,1-7H3,(H,56,57)/t20-,21-,22+,23+,24+,25+,26+,27+,28+,29+,30+,31-,32+,33-,34-,36+,37+,38+,39+,40+,42-,43+,44-,45-,46-/m1/s1. The van der Waals surface area contributed by atoms with Gasteiger partial charge >= 0.3 is 5.97 Å². The number of ether oxygens (including phenoxy) is 6. The number of aliphatic hydroxyl groups excluding tert-OH is 11. The summed E-state index contributed by atoms with van der Waals surface area (Å²) in [6.07, 6.45) is -21.7. The third kappa shape index (κ3) is 7.70. The summed E-state index contributed by atoms with van der Waals surface area (Å²) < 4.78 is 34.8. The van der Waals surface area contributed by atoms with Crippen LogP contribution in [0.2, 0.25) is 0 Å². The lowest BCUT2D eigenvalue weighted by Gasteiger charge is -2.72. The molecule has 8 aliphatic rings. The quantitative estimate of drug-likeness (QED) is 0.109. The van der Waals surface area contributed by atoms with Crippen molar-refractivity contribution < 1.29 is 94.5 Å². The highest BCUT2D eigenvalue weighted by Gasteiger charge is 2.70. The van der Waals surface area contributed by atoms with Gasteiger partial charge in [0.15, 0.2) is 37.6 Å². The van der Waals surface area contributed by atoms with E-state index in [1.807, 2.05) is 6.92 Å². The van der Waals surface area contributed by atoms with Crippen LogP contribution in [0.3, 0.4) is 0 Å². The highest BCUT2D eigenvalue weighted by atomic mass is 16.8. The monoisotopic (exact) mass is 930 g/mol. The van der Waals surface area contributed by atoms with Gasteiger partial charge in [0, 0.05) is 10.8 Å². The van der Waals surface area contributed by atoms with Crippen molar-refractivity contribution in [1.29, 1.82) is 0 Å². The first-order valence-electron chi connectivity index (χ1n) is 23.5. The summed E-state index contributed by atoms with van der Waals surface area (Å²) in [6.45, 7) is 15.6. The Balaban J connectivity index is 1.07. The van der Waals surface area contributed by atoms with Gasteiger partial charge in [0.25, 0.3) is 0 Å². The molecule has 65 heavy (non-hydrogen) atoms. The van der Waals surface area contributed by atoms with E-state index in [4.69, 9.17) is 28.4 Å². The minimum atomic E-state index is -2.14. The van der Waals surface area contributed by atoms with E-state index in [9.17, 15) is 66.1 Å². The van der Waals surface area contributed by atoms with Crippen LogP contribution in [0.1, 0.15) is 106 Å². The molecule has 0 radical (unpaired) electrons. The molecule has 3 saturated heterocycles. The maximum Gasteiger partial charge on any atom is 0.335 e. The van der Waals surface area contributed by atoms with Gasteiger partial charge in [-0.05, 0) is 97.2 Å². The second kappa shape index (κ2) is 17.1. The molecule has 12 N–H and O–H groups in total. The van der Waals surface area contributed by atoms with Crippen LogP contribution in [0, 0.1) is 50.2 Å². The number of hydrogen-bond donors (Lipinski definition) is 12. The molecule has 0 amide bonds. The summed E-state index contributed by atoms with van der Waals surface area (Å²) >= 11 is 0. The summed E-state index contributed by atoms with van der Waals surface area (Å²) in [7, 11) is 0. The first-order valence-corrected chi connectivity index (χ1v) is 23.5. The van der Waals surface area contributed by atoms with Crippen LogP contribution >= 0.6 is 0 Å². The minimum absolute atomic E-state index is 0.00770. The van der Waals surface area contributed by atoms with Gasteiger partial charge in [-0.3, -0.25) is 0 Å². The number of carbonyl (C=O) groups is 1. The fourth-order valence-electron chi connectivity index (χ4n) is 14.7. The smallest absolute Gasteiger partial charge is 0.335 e. The van der Waals surface area contributed by atoms with E-state index in [2.05, 4.69) is 47.6 Å². The average Bonchev–Trinajstić information content (AvgIpc) is 3.23. The number of carboxylic acids is 1. The summed E-state index contributed by atoms with van der Waals surface area (Å²) in [5.74, 6) is -1.24. The third-order valence-corrected chi connectivity index (χ3v) is 18.9. The van der Waals surface area contributed by atoms with Gasteiger partial charge in [-0.2, -0.15) is 0 Å². The zero-order valence-electron chi connectivity index (χ0n) is 38.4. The fraction of sp³-hybridized carbons (Fsp3) is 0.935. The molecule has 3 heterocycles. The minimum Gasteiger partial charge on any atom is -0.479 e. The summed E-state index contributed by atoms with van der Waals surface area (Å²) in [5, 5.41) is 129. The summed E-state index contributed by atoms with van der Waals surface area (Å²) in [5.41, 5.74) is -0.167. The molecule has 3 aliphatic heterocycles. The van der Waals surface area contributed by atoms with Crippen LogP contribution in [-0.4, -0.2) is 179 Å². The number of aliphatic carboxylic acids is 1. The molecule has 7 fully saturated rings. The van der Waals surface area contributed by atoms with Crippen molar-refractivity contribution >= 4 is 5.97 Å². The molecule has 5 aliphatic carbocycles. The molecule has 19 heteroatoms. The van der Waals surface area contributed by atoms with Crippen LogP contribution in [0.15, 0.2) is 11.6 Å². The molecule has 8 rings (SSSR count). The molecule has 0 bridgehead atoms. The predicted octanol–water partition coefficient (Wildman–Crippen LogP) is -0.408. The molecule has 0 unspecified atom stereocenters. The second-order valence-corrected chi connectivity index (χ2v) is 23.0. The van der Waals surface area contributed by atoms with Gasteiger partial charge < -0.3 is 89.7 Å². The largest absolute Gasteiger partial charge is 0.479 e. The van der Waals surface area contributed by atoms with Gasteiger partial charge in [-0.15, -0.1) is 0 Å². The van der Waals surface area contributed by atoms with Gasteiger partial charge in [0.05, 0.1) is 18.8 Å². The highest BCUT2D eigenvalue weighted by molar-refractivity contribution is 5.73. The Labute approximate surface area is 379 Å². The number of carboxylic acid groups (broad SMARTS) is 1. The second-order valence-electron chi connectivity index (χ2n) is 23.0. The van der Waals surface area contributed by atoms with Gasteiger partial charge in [-0.25, -0.2) is 4.79 Å². The van der Waals surface area contributed by atoms with E-state index >= 15 is 0 Å². The molecule has 19 nitrogen and oxygen atoms in total. The molecular weight excluding hydrogens is 856 g/mol. The van der Waals surface area contributed by atoms with E-state index < -0.39 is 110 Å². The maximum atomic E-state index is 12.4. The first kappa shape index (κ1) is 49.9. The molecule has 4 saturated carbocycles. The van der Waals surface area contributed by atoms with Crippen LogP contribution in [-0.2, 0) is 33.2 Å². The lowest BCUT2D eigenvalue weighted by atomic mass is 9.33. The number of aliphatic hydroxyl groups is 11. The molecule has 0 aromatic heterocycles.